The van der Waals surface area contributed by atoms with Crippen LogP contribution in [0.4, 0.5) is 5.82 Å². The highest BCUT2D eigenvalue weighted by atomic mass is 35.5. The van der Waals surface area contributed by atoms with Gasteiger partial charge in [0.15, 0.2) is 11.5 Å². The molecule has 2 N–H and O–H groups in total. The number of carbonyl (C=O) groups excluding carboxylic acids is 4. The van der Waals surface area contributed by atoms with Gasteiger partial charge in [-0.15, -0.1) is 0 Å². The van der Waals surface area contributed by atoms with Crippen LogP contribution in [0.1, 0.15) is 61.9 Å². The monoisotopic (exact) mass is 556 g/mol. The number of methoxy groups -OCH3 is 2. The van der Waals surface area contributed by atoms with Crippen molar-refractivity contribution in [2.24, 2.45) is 17.9 Å². The molecule has 0 aromatic carbocycles. The van der Waals surface area contributed by atoms with Crippen LogP contribution in [0.15, 0.2) is 6.33 Å². The molecule has 3 aliphatic carbocycles. The minimum atomic E-state index is -0.514. The van der Waals surface area contributed by atoms with Crippen molar-refractivity contribution in [3.8, 4) is 0 Å². The summed E-state index contributed by atoms with van der Waals surface area (Å²) in [6.45, 7) is 0.563. The van der Waals surface area contributed by atoms with Crippen molar-refractivity contribution in [2.75, 3.05) is 25.6 Å². The van der Waals surface area contributed by atoms with Gasteiger partial charge in [-0.3, -0.25) is 28.7 Å². The number of rotatable bonds is 8. The van der Waals surface area contributed by atoms with Gasteiger partial charge >= 0.3 is 11.9 Å². The van der Waals surface area contributed by atoms with Crippen molar-refractivity contribution in [3.63, 3.8) is 0 Å². The minimum absolute atomic E-state index is 0.0346. The predicted molar refractivity (Wildman–Crippen MR) is 135 cm³/mol. The summed E-state index contributed by atoms with van der Waals surface area (Å²) in [5, 5.41) is 6.75. The maximum atomic E-state index is 12.9. The van der Waals surface area contributed by atoms with E-state index in [9.17, 15) is 19.2 Å². The summed E-state index contributed by atoms with van der Waals surface area (Å²) in [4.78, 5) is 56.1. The molecule has 0 radical (unpaired) electrons. The third kappa shape index (κ3) is 6.30. The van der Waals surface area contributed by atoms with E-state index in [0.29, 0.717) is 23.4 Å². The standard InChI is InChI=1S/C18H23ClN6O3.C5H7ClO3/c1-25-13-11(14(23-19)24-25)21-10-22-12(13)15(26)20-9-17-3-6-18(7-4-17,8-5-17)16(27)28-2;1-9-5(8)3-2-4(6)7/h10H,3-9H2,1-2H3,(H,20,26)(H,23,24);2-3H2,1H3. The van der Waals surface area contributed by atoms with Crippen molar-refractivity contribution < 1.29 is 28.7 Å². The summed E-state index contributed by atoms with van der Waals surface area (Å²) >= 11 is 10.6. The molecule has 2 heterocycles. The fraction of sp³-hybridized carbons (Fsp3) is 0.609. The Kier molecular flexibility index (Phi) is 9.30. The second-order valence-corrected chi connectivity index (χ2v) is 9.98. The molecule has 14 heteroatoms. The number of halogens is 2. The Morgan fingerprint density at radius 2 is 1.68 bits per heavy atom. The lowest BCUT2D eigenvalue weighted by Gasteiger charge is -2.51. The summed E-state index contributed by atoms with van der Waals surface area (Å²) in [7, 11) is 4.44. The topological polar surface area (TPSA) is 154 Å². The Balaban J connectivity index is 0.000000364. The number of hydrogen-bond acceptors (Lipinski definition) is 10. The number of amides is 1. The van der Waals surface area contributed by atoms with Crippen molar-refractivity contribution in [3.05, 3.63) is 12.0 Å². The molecule has 1 amide bonds. The van der Waals surface area contributed by atoms with E-state index in [1.807, 2.05) is 0 Å². The Hall–Kier alpha value is -2.99. The number of esters is 2. The Morgan fingerprint density at radius 3 is 2.22 bits per heavy atom. The number of carbonyl (C=O) groups is 4. The van der Waals surface area contributed by atoms with Gasteiger partial charge in [0.25, 0.3) is 5.91 Å². The van der Waals surface area contributed by atoms with E-state index in [0.717, 1.165) is 38.5 Å². The average Bonchev–Trinajstić information content (AvgIpc) is 3.26. The molecule has 2 aromatic rings. The number of nitrogens with one attached hydrogen (secondary N) is 2. The van der Waals surface area contributed by atoms with Crippen LogP contribution < -0.4 is 10.2 Å². The zero-order valence-electron chi connectivity index (χ0n) is 20.9. The number of aromatic nitrogens is 4. The van der Waals surface area contributed by atoms with Crippen LogP contribution in [0.5, 0.6) is 0 Å². The maximum Gasteiger partial charge on any atom is 0.311 e. The fourth-order valence-corrected chi connectivity index (χ4v) is 5.26. The number of hydrogen-bond donors (Lipinski definition) is 2. The molecule has 0 unspecified atom stereocenters. The zero-order valence-corrected chi connectivity index (χ0v) is 22.4. The van der Waals surface area contributed by atoms with Crippen molar-refractivity contribution in [1.82, 2.24) is 25.1 Å². The SMILES string of the molecule is COC(=O)C12CCC(CNC(=O)c3ncnc4c(NCl)nn(C)c34)(CC1)CC2.COC(=O)CCC(=O)Cl. The minimum Gasteiger partial charge on any atom is -0.469 e. The van der Waals surface area contributed by atoms with E-state index in [4.69, 9.17) is 28.1 Å². The van der Waals surface area contributed by atoms with Gasteiger partial charge in [-0.25, -0.2) is 9.97 Å². The van der Waals surface area contributed by atoms with Gasteiger partial charge < -0.3 is 14.8 Å². The number of fused-ring (bicyclic) bond motifs is 4. The largest absolute Gasteiger partial charge is 0.469 e. The molecule has 2 bridgehead atoms. The molecule has 0 saturated heterocycles. The first-order valence-electron chi connectivity index (χ1n) is 11.8. The average molecular weight is 557 g/mol. The molecule has 0 atom stereocenters. The molecule has 37 heavy (non-hydrogen) atoms. The number of nitrogens with zero attached hydrogens (tertiary/aromatic N) is 4. The van der Waals surface area contributed by atoms with Gasteiger partial charge in [-0.1, -0.05) is 0 Å². The van der Waals surface area contributed by atoms with Crippen LogP contribution >= 0.6 is 23.4 Å². The molecule has 0 spiro atoms. The molecular weight excluding hydrogens is 527 g/mol. The highest BCUT2D eigenvalue weighted by Crippen LogP contribution is 2.57. The smallest absolute Gasteiger partial charge is 0.311 e. The first-order chi connectivity index (χ1) is 17.6. The number of ether oxygens (including phenoxy) is 2. The van der Waals surface area contributed by atoms with E-state index in [1.165, 1.54) is 20.5 Å². The summed E-state index contributed by atoms with van der Waals surface area (Å²) in [6, 6.07) is 0. The fourth-order valence-electron chi connectivity index (χ4n) is 5.04. The third-order valence-electron chi connectivity index (χ3n) is 7.32. The van der Waals surface area contributed by atoms with Gasteiger partial charge in [0.05, 0.1) is 26.1 Å². The van der Waals surface area contributed by atoms with Crippen molar-refractivity contribution in [1.29, 1.82) is 0 Å². The highest BCUT2D eigenvalue weighted by molar-refractivity contribution is 6.63. The van der Waals surface area contributed by atoms with E-state index in [2.05, 4.69) is 30.0 Å². The van der Waals surface area contributed by atoms with E-state index in [1.54, 1.807) is 11.7 Å². The lowest BCUT2D eigenvalue weighted by molar-refractivity contribution is -0.162. The predicted octanol–water partition coefficient (Wildman–Crippen LogP) is 2.88. The molecule has 202 valence electrons. The summed E-state index contributed by atoms with van der Waals surface area (Å²) in [6.07, 6.45) is 6.64. The van der Waals surface area contributed by atoms with E-state index in [-0.39, 0.29) is 41.2 Å². The van der Waals surface area contributed by atoms with Crippen molar-refractivity contribution in [2.45, 2.75) is 51.4 Å². The molecule has 12 nitrogen and oxygen atoms in total. The molecule has 3 fully saturated rings. The second-order valence-electron chi connectivity index (χ2n) is 9.37. The van der Waals surface area contributed by atoms with E-state index < -0.39 is 11.2 Å². The number of anilines is 1. The normalized spacial score (nSPS) is 22.0. The summed E-state index contributed by atoms with van der Waals surface area (Å²) in [5.41, 5.74) is 1.00. The summed E-state index contributed by atoms with van der Waals surface area (Å²) < 4.78 is 10.8. The highest BCUT2D eigenvalue weighted by Gasteiger charge is 2.53. The van der Waals surface area contributed by atoms with Crippen molar-refractivity contribution >= 4 is 63.3 Å². The maximum absolute atomic E-state index is 12.9. The van der Waals surface area contributed by atoms with Gasteiger partial charge in [-0.05, 0) is 55.5 Å². The third-order valence-corrected chi connectivity index (χ3v) is 7.69. The Morgan fingerprint density at radius 1 is 1.03 bits per heavy atom. The molecule has 3 saturated carbocycles. The lowest BCUT2D eigenvalue weighted by atomic mass is 9.53. The molecule has 2 aromatic heterocycles. The van der Waals surface area contributed by atoms with Crippen LogP contribution in [0.25, 0.3) is 11.0 Å². The Bertz CT molecular complexity index is 1160. The molecule has 3 aliphatic rings. The number of aryl methyl sites for hydroxylation is 1. The molecular formula is C23H30Cl2N6O6. The van der Waals surface area contributed by atoms with Gasteiger partial charge in [-0.2, -0.15) is 5.10 Å². The van der Waals surface area contributed by atoms with Crippen LogP contribution in [-0.2, 0) is 30.9 Å². The van der Waals surface area contributed by atoms with Crippen LogP contribution in [0.3, 0.4) is 0 Å². The van der Waals surface area contributed by atoms with Crippen LogP contribution in [-0.4, -0.2) is 63.6 Å². The first kappa shape index (κ1) is 28.6. The van der Waals surface area contributed by atoms with Gasteiger partial charge in [0.1, 0.15) is 17.4 Å². The van der Waals surface area contributed by atoms with Gasteiger partial charge in [0, 0.05) is 31.8 Å². The van der Waals surface area contributed by atoms with Crippen LogP contribution in [0, 0.1) is 10.8 Å². The molecule has 5 rings (SSSR count). The van der Waals surface area contributed by atoms with Crippen LogP contribution in [0.2, 0.25) is 0 Å². The second kappa shape index (κ2) is 12.0. The zero-order chi connectivity index (χ0) is 27.2. The van der Waals surface area contributed by atoms with Gasteiger partial charge in [0.2, 0.25) is 5.24 Å². The Labute approximate surface area is 223 Å². The van der Waals surface area contributed by atoms with E-state index >= 15 is 0 Å². The quantitative estimate of drug-likeness (QED) is 0.281. The summed E-state index contributed by atoms with van der Waals surface area (Å²) in [5.74, 6) is -0.383. The molecule has 0 aliphatic heterocycles. The lowest BCUT2D eigenvalue weighted by Crippen LogP contribution is -2.50. The first-order valence-corrected chi connectivity index (χ1v) is 12.5.